The summed E-state index contributed by atoms with van der Waals surface area (Å²) >= 11 is 0. The van der Waals surface area contributed by atoms with Gasteiger partial charge in [-0.1, -0.05) is 33.7 Å². The number of nitrogen functional groups attached to an aromatic ring is 1. The molecule has 0 radical (unpaired) electrons. The van der Waals surface area contributed by atoms with E-state index >= 15 is 0 Å². The molecule has 0 aliphatic carbocycles. The number of likely N-dealkylation sites (tertiary alicyclic amines) is 1. The normalized spacial score (nSPS) is 14.3. The van der Waals surface area contributed by atoms with E-state index in [1.165, 1.54) is 59.2 Å². The van der Waals surface area contributed by atoms with E-state index in [-0.39, 0.29) is 35.6 Å². The van der Waals surface area contributed by atoms with Crippen molar-refractivity contribution in [2.75, 3.05) is 50.6 Å². The highest BCUT2D eigenvalue weighted by atomic mass is 33.1. The van der Waals surface area contributed by atoms with Gasteiger partial charge in [0, 0.05) is 71.2 Å². The number of alkyl halides is 2. The molecule has 356 valence electrons. The predicted octanol–water partition coefficient (Wildman–Crippen LogP) is 5.24. The highest BCUT2D eigenvalue weighted by Crippen LogP contribution is 2.34. The summed E-state index contributed by atoms with van der Waals surface area (Å²) in [7, 11) is 3.96. The zero-order valence-electron chi connectivity index (χ0n) is 36.5. The Kier molecular flexibility index (Phi) is 15.9. The molecule has 0 saturated carbocycles. The number of hydrogen-bond donors (Lipinski definition) is 5. The van der Waals surface area contributed by atoms with E-state index in [0.717, 1.165) is 38.1 Å². The Morgan fingerprint density at radius 1 is 0.928 bits per heavy atom. The maximum Gasteiger partial charge on any atom is 0.407 e. The molecule has 0 spiro atoms. The molecule has 1 aliphatic rings. The number of nitrogens with one attached hydrogen (secondary N) is 3. The van der Waals surface area contributed by atoms with E-state index < -0.39 is 73.9 Å². The molecule has 1 saturated heterocycles. The van der Waals surface area contributed by atoms with E-state index in [1.807, 2.05) is 30.3 Å². The minimum Gasteiger partial charge on any atom is -0.484 e. The predicted molar refractivity (Wildman–Crippen MR) is 252 cm³/mol. The molecule has 19 nitrogen and oxygen atoms in total. The Morgan fingerprint density at radius 3 is 2.42 bits per heavy atom. The van der Waals surface area contributed by atoms with Gasteiger partial charge in [-0.2, -0.15) is 5.26 Å². The smallest absolute Gasteiger partial charge is 0.407 e. The number of carbonyl (C=O) groups excluding carboxylic acids is 4. The van der Waals surface area contributed by atoms with Gasteiger partial charge in [0.05, 0.1) is 54.2 Å². The summed E-state index contributed by atoms with van der Waals surface area (Å²) in [6.07, 6.45) is 5.01. The lowest BCUT2D eigenvalue weighted by Gasteiger charge is -2.19. The number of nitriles is 1. The number of hydrogen-bond acceptors (Lipinski definition) is 16. The van der Waals surface area contributed by atoms with Gasteiger partial charge in [-0.25, -0.2) is 23.4 Å². The van der Waals surface area contributed by atoms with Crippen molar-refractivity contribution in [3.63, 3.8) is 0 Å². The molecule has 6 N–H and O–H groups in total. The molecule has 7 rings (SSSR count). The molecule has 1 aliphatic heterocycles. The lowest BCUT2D eigenvalue weighted by molar-refractivity contribution is -0.141. The Bertz CT molecular complexity index is 2950. The average molecular weight is 981 g/mol. The number of methoxy groups -OCH3 is 1. The average Bonchev–Trinajstić information content (AvgIpc) is 3.68. The van der Waals surface area contributed by atoms with Gasteiger partial charge in [0.1, 0.15) is 24.4 Å². The molecule has 4 aromatic heterocycles. The van der Waals surface area contributed by atoms with Crippen LogP contribution in [0.2, 0.25) is 0 Å². The molecule has 5 heterocycles. The van der Waals surface area contributed by atoms with Gasteiger partial charge in [0.25, 0.3) is 17.7 Å². The highest BCUT2D eigenvalue weighted by Gasteiger charge is 2.47. The zero-order chi connectivity index (χ0) is 49.1. The standard InChI is InChI=1S/C46H42F2N10O9S2/c1-65-43-36(50)15-28(20-56-43)26-3-6-37-34(14-26)32(8-10-51-37)27-2-4-29(54-19-27)22-67-45(64)53-12-13-68-69-24-39(44(62)63)57-40(59)23-66-31-5-7-38-35(16-31)33(9-11-52-38)42(61)55-21-41(60)58-25-46(47,48)17-30(58)18-49/h2-11,14-16,19-20,30,39H,12-13,17,21-25,50H2,1H3,(H,53,64)(H,55,61)(H,57,59)(H,62,63)/t30-,39?/m0/s1. The Labute approximate surface area is 399 Å². The van der Waals surface area contributed by atoms with Gasteiger partial charge < -0.3 is 45.9 Å². The second-order valence-electron chi connectivity index (χ2n) is 15.3. The molecule has 1 fully saturated rings. The number of fused-ring (bicyclic) bond motifs is 2. The first-order valence-corrected chi connectivity index (χ1v) is 23.4. The minimum absolute atomic E-state index is 0.0104. The first-order valence-electron chi connectivity index (χ1n) is 20.9. The van der Waals surface area contributed by atoms with Crippen LogP contribution in [0, 0.1) is 11.3 Å². The Balaban J connectivity index is 0.813. The highest BCUT2D eigenvalue weighted by molar-refractivity contribution is 8.76. The van der Waals surface area contributed by atoms with Gasteiger partial charge in [-0.15, -0.1) is 0 Å². The van der Waals surface area contributed by atoms with E-state index in [0.29, 0.717) is 28.5 Å². The summed E-state index contributed by atoms with van der Waals surface area (Å²) in [4.78, 5) is 80.9. The lowest BCUT2D eigenvalue weighted by atomic mass is 9.98. The molecule has 23 heteroatoms. The van der Waals surface area contributed by atoms with E-state index in [1.54, 1.807) is 36.8 Å². The lowest BCUT2D eigenvalue weighted by Crippen LogP contribution is -2.44. The maximum absolute atomic E-state index is 13.8. The molecular weight excluding hydrogens is 939 g/mol. The quantitative estimate of drug-likeness (QED) is 0.0512. The number of halogens is 2. The first kappa shape index (κ1) is 49.1. The third-order valence-electron chi connectivity index (χ3n) is 10.5. The van der Waals surface area contributed by atoms with Gasteiger partial charge in [0.15, 0.2) is 6.61 Å². The van der Waals surface area contributed by atoms with Crippen LogP contribution in [0.5, 0.6) is 11.6 Å². The van der Waals surface area contributed by atoms with Crippen molar-refractivity contribution >= 4 is 78.9 Å². The van der Waals surface area contributed by atoms with Gasteiger partial charge in [-0.05, 0) is 65.7 Å². The summed E-state index contributed by atoms with van der Waals surface area (Å²) in [6, 6.07) is 18.1. The molecule has 69 heavy (non-hydrogen) atoms. The summed E-state index contributed by atoms with van der Waals surface area (Å²) < 4.78 is 43.7. The number of carbonyl (C=O) groups is 5. The monoisotopic (exact) mass is 980 g/mol. The number of carboxylic acid groups (broad SMARTS) is 1. The van der Waals surface area contributed by atoms with Crippen molar-refractivity contribution in [3.8, 4) is 40.0 Å². The van der Waals surface area contributed by atoms with Crippen LogP contribution in [0.25, 0.3) is 44.1 Å². The van der Waals surface area contributed by atoms with Crippen molar-refractivity contribution < 1.29 is 52.1 Å². The molecular formula is C46H42F2N10O9S2. The number of nitrogens with two attached hydrogens (primary N) is 1. The largest absolute Gasteiger partial charge is 0.484 e. The third-order valence-corrected chi connectivity index (χ3v) is 12.9. The maximum atomic E-state index is 13.8. The molecule has 2 aromatic carbocycles. The summed E-state index contributed by atoms with van der Waals surface area (Å²) in [5.41, 5.74) is 11.7. The Hall–Kier alpha value is -7.84. The number of anilines is 1. The van der Waals surface area contributed by atoms with Crippen LogP contribution in [0.1, 0.15) is 22.5 Å². The van der Waals surface area contributed by atoms with Gasteiger partial charge >= 0.3 is 12.1 Å². The van der Waals surface area contributed by atoms with Crippen LogP contribution in [-0.4, -0.2) is 123 Å². The molecule has 6 aromatic rings. The first-order chi connectivity index (χ1) is 33.2. The number of aromatic nitrogens is 4. The topological polar surface area (TPSA) is 274 Å². The van der Waals surface area contributed by atoms with E-state index in [2.05, 4.69) is 35.9 Å². The Morgan fingerprint density at radius 2 is 1.68 bits per heavy atom. The van der Waals surface area contributed by atoms with Crippen molar-refractivity contribution in [2.45, 2.75) is 31.0 Å². The number of benzene rings is 2. The second kappa shape index (κ2) is 22.3. The number of nitrogens with zero attached hydrogens (tertiary/aromatic N) is 6. The van der Waals surface area contributed by atoms with Gasteiger partial charge in [0.2, 0.25) is 11.8 Å². The number of rotatable bonds is 19. The molecule has 4 amide bonds. The number of aliphatic carboxylic acids is 1. The van der Waals surface area contributed by atoms with Gasteiger partial charge in [-0.3, -0.25) is 29.3 Å². The SMILES string of the molecule is COc1ncc(-c2ccc3nccc(-c4ccc(COC(=O)NCCSSCC(NC(=O)COc5ccc6nccc(C(=O)NCC(=O)N7CC(F)(F)C[C@H]7C#N)c6c5)C(=O)O)nc4)c3c2)cc1N. The van der Waals surface area contributed by atoms with Crippen molar-refractivity contribution in [3.05, 3.63) is 103 Å². The van der Waals surface area contributed by atoms with Crippen LogP contribution in [0.3, 0.4) is 0 Å². The molecule has 0 bridgehead atoms. The van der Waals surface area contributed by atoms with E-state index in [4.69, 9.17) is 19.9 Å². The fourth-order valence-electron chi connectivity index (χ4n) is 7.12. The van der Waals surface area contributed by atoms with Crippen molar-refractivity contribution in [2.24, 2.45) is 0 Å². The minimum atomic E-state index is -3.21. The summed E-state index contributed by atoms with van der Waals surface area (Å²) in [5.74, 6) is -5.90. The van der Waals surface area contributed by atoms with Crippen molar-refractivity contribution in [1.29, 1.82) is 5.26 Å². The van der Waals surface area contributed by atoms with Crippen LogP contribution >= 0.6 is 21.6 Å². The fraction of sp³-hybridized carbons (Fsp3) is 0.261. The summed E-state index contributed by atoms with van der Waals surface area (Å²) in [5, 5.41) is 27.5. The summed E-state index contributed by atoms with van der Waals surface area (Å²) in [6.45, 7) is -1.99. The number of alkyl carbamates (subject to hydrolysis) is 1. The number of amides is 4. The fourth-order valence-corrected chi connectivity index (χ4v) is 9.19. The molecule has 2 atom stereocenters. The van der Waals surface area contributed by atoms with Crippen LogP contribution < -0.4 is 31.2 Å². The van der Waals surface area contributed by atoms with Crippen LogP contribution in [0.15, 0.2) is 91.5 Å². The van der Waals surface area contributed by atoms with Crippen LogP contribution in [-0.2, 0) is 25.7 Å². The third kappa shape index (κ3) is 12.6. The van der Waals surface area contributed by atoms with Crippen LogP contribution in [0.4, 0.5) is 19.3 Å². The van der Waals surface area contributed by atoms with E-state index in [9.17, 15) is 43.1 Å². The zero-order valence-corrected chi connectivity index (χ0v) is 38.2. The number of ether oxygens (including phenoxy) is 3. The second-order valence-corrected chi connectivity index (χ2v) is 17.9. The number of carboxylic acids is 1. The molecule has 1 unspecified atom stereocenters. The van der Waals surface area contributed by atoms with Crippen molar-refractivity contribution in [1.82, 2.24) is 40.8 Å². The number of pyridine rings is 4.